The van der Waals surface area contributed by atoms with Crippen molar-refractivity contribution in [2.24, 2.45) is 5.73 Å². The van der Waals surface area contributed by atoms with E-state index in [9.17, 15) is 26.3 Å². The van der Waals surface area contributed by atoms with Crippen LogP contribution in [0.15, 0.2) is 22.7 Å². The molecule has 0 heterocycles. The maximum absolute atomic E-state index is 12.5. The van der Waals surface area contributed by atoms with Gasteiger partial charge in [0.25, 0.3) is 0 Å². The highest BCUT2D eigenvalue weighted by Crippen LogP contribution is 2.35. The molecule has 1 aromatic rings. The molecule has 0 aliphatic heterocycles. The lowest BCUT2D eigenvalue weighted by Gasteiger charge is -2.17. The third-order valence-corrected chi connectivity index (χ3v) is 3.18. The van der Waals surface area contributed by atoms with E-state index in [2.05, 4.69) is 15.9 Å². The van der Waals surface area contributed by atoms with Gasteiger partial charge in [0.05, 0.1) is 5.56 Å². The first-order valence-corrected chi connectivity index (χ1v) is 5.99. The molecule has 108 valence electrons. The Labute approximate surface area is 113 Å². The van der Waals surface area contributed by atoms with Crippen LogP contribution in [0.2, 0.25) is 0 Å². The van der Waals surface area contributed by atoms with Gasteiger partial charge in [-0.1, -0.05) is 15.9 Å². The molecule has 0 spiro atoms. The number of nitrogens with two attached hydrogens (primary N) is 1. The number of halogens is 7. The molecule has 0 aliphatic rings. The third kappa shape index (κ3) is 5.02. The van der Waals surface area contributed by atoms with Crippen molar-refractivity contribution in [2.45, 2.75) is 31.2 Å². The minimum atomic E-state index is -4.56. The van der Waals surface area contributed by atoms with E-state index in [4.69, 9.17) is 5.73 Å². The number of hydrogen-bond acceptors (Lipinski definition) is 1. The zero-order chi connectivity index (χ0) is 14.8. The van der Waals surface area contributed by atoms with E-state index >= 15 is 0 Å². The summed E-state index contributed by atoms with van der Waals surface area (Å²) in [4.78, 5) is 0. The van der Waals surface area contributed by atoms with Gasteiger partial charge in [-0.05, 0) is 30.2 Å². The highest BCUT2D eigenvalue weighted by Gasteiger charge is 2.32. The number of alkyl halides is 6. The van der Waals surface area contributed by atoms with Gasteiger partial charge in [-0.3, -0.25) is 0 Å². The largest absolute Gasteiger partial charge is 0.416 e. The van der Waals surface area contributed by atoms with Gasteiger partial charge in [0.15, 0.2) is 0 Å². The van der Waals surface area contributed by atoms with Crippen molar-refractivity contribution in [3.8, 4) is 0 Å². The SMILES string of the molecule is N[C@H](CCC(F)(F)F)c1cc(C(F)(F)F)ccc1Br. The zero-order valence-electron chi connectivity index (χ0n) is 9.45. The average Bonchev–Trinajstić information content (AvgIpc) is 2.24. The highest BCUT2D eigenvalue weighted by atomic mass is 79.9. The summed E-state index contributed by atoms with van der Waals surface area (Å²) in [6, 6.07) is 1.62. The predicted octanol–water partition coefficient (Wildman–Crippen LogP) is 4.81. The fourth-order valence-corrected chi connectivity index (χ4v) is 2.02. The molecule has 1 nitrogen and oxygen atoms in total. The second-order valence-corrected chi connectivity index (χ2v) is 4.85. The van der Waals surface area contributed by atoms with Crippen LogP contribution in [-0.4, -0.2) is 6.18 Å². The second-order valence-electron chi connectivity index (χ2n) is 3.99. The first-order valence-electron chi connectivity index (χ1n) is 5.19. The lowest BCUT2D eigenvalue weighted by Crippen LogP contribution is -2.17. The van der Waals surface area contributed by atoms with Gasteiger partial charge in [-0.25, -0.2) is 0 Å². The molecule has 1 atom stereocenters. The van der Waals surface area contributed by atoms with E-state index in [1.54, 1.807) is 0 Å². The lowest BCUT2D eigenvalue weighted by atomic mass is 10.0. The molecule has 0 aliphatic carbocycles. The average molecular weight is 350 g/mol. The molecule has 1 rings (SSSR count). The van der Waals surface area contributed by atoms with Crippen LogP contribution < -0.4 is 5.73 Å². The van der Waals surface area contributed by atoms with Gasteiger partial charge < -0.3 is 5.73 Å². The van der Waals surface area contributed by atoms with Gasteiger partial charge >= 0.3 is 12.4 Å². The molecule has 0 radical (unpaired) electrons. The summed E-state index contributed by atoms with van der Waals surface area (Å²) in [7, 11) is 0. The molecular formula is C11H10BrF6N. The topological polar surface area (TPSA) is 26.0 Å². The Kier molecular flexibility index (Phi) is 4.89. The molecular weight excluding hydrogens is 340 g/mol. The second kappa shape index (κ2) is 5.70. The summed E-state index contributed by atoms with van der Waals surface area (Å²) in [5, 5.41) is 0. The van der Waals surface area contributed by atoms with Crippen LogP contribution in [-0.2, 0) is 6.18 Å². The van der Waals surface area contributed by atoms with Gasteiger partial charge in [-0.2, -0.15) is 26.3 Å². The predicted molar refractivity (Wildman–Crippen MR) is 61.4 cm³/mol. The van der Waals surface area contributed by atoms with Gasteiger partial charge in [0.2, 0.25) is 0 Å². The molecule has 0 bridgehead atoms. The third-order valence-electron chi connectivity index (χ3n) is 2.46. The Balaban J connectivity index is 2.93. The van der Waals surface area contributed by atoms with E-state index in [0.29, 0.717) is 0 Å². The molecule has 0 saturated heterocycles. The van der Waals surface area contributed by atoms with Gasteiger partial charge in [0.1, 0.15) is 0 Å². The fourth-order valence-electron chi connectivity index (χ4n) is 1.48. The van der Waals surface area contributed by atoms with Crippen molar-refractivity contribution in [2.75, 3.05) is 0 Å². The maximum Gasteiger partial charge on any atom is 0.416 e. The van der Waals surface area contributed by atoms with Gasteiger partial charge in [0, 0.05) is 16.9 Å². The Bertz CT molecular complexity index is 440. The molecule has 19 heavy (non-hydrogen) atoms. The van der Waals surface area contributed by atoms with Crippen LogP contribution in [0.3, 0.4) is 0 Å². The number of rotatable bonds is 3. The van der Waals surface area contributed by atoms with Gasteiger partial charge in [-0.15, -0.1) is 0 Å². The maximum atomic E-state index is 12.5. The van der Waals surface area contributed by atoms with Crippen LogP contribution in [0.1, 0.15) is 30.0 Å². The fraction of sp³-hybridized carbons (Fsp3) is 0.455. The summed E-state index contributed by atoms with van der Waals surface area (Å²) >= 11 is 2.99. The van der Waals surface area contributed by atoms with E-state index in [0.717, 1.165) is 18.2 Å². The van der Waals surface area contributed by atoms with Crippen molar-refractivity contribution in [1.82, 2.24) is 0 Å². The van der Waals surface area contributed by atoms with Crippen molar-refractivity contribution in [1.29, 1.82) is 0 Å². The summed E-state index contributed by atoms with van der Waals surface area (Å²) in [6.07, 6.45) is -10.6. The Morgan fingerprint density at radius 2 is 1.68 bits per heavy atom. The normalized spacial score (nSPS) is 14.5. The standard InChI is InChI=1S/C11H10BrF6N/c12-8-2-1-6(11(16,17)18)5-7(8)9(19)3-4-10(13,14)15/h1-2,5,9H,3-4,19H2/t9-/m1/s1. The molecule has 0 fully saturated rings. The van der Waals surface area contributed by atoms with E-state index in [1.165, 1.54) is 0 Å². The summed E-state index contributed by atoms with van der Waals surface area (Å²) in [6.45, 7) is 0. The van der Waals surface area contributed by atoms with Crippen LogP contribution >= 0.6 is 15.9 Å². The minimum Gasteiger partial charge on any atom is -0.324 e. The Hall–Kier alpha value is -0.760. The quantitative estimate of drug-likeness (QED) is 0.778. The minimum absolute atomic E-state index is 0.0130. The number of hydrogen-bond donors (Lipinski definition) is 1. The zero-order valence-corrected chi connectivity index (χ0v) is 11.0. The molecule has 0 aromatic heterocycles. The highest BCUT2D eigenvalue weighted by molar-refractivity contribution is 9.10. The molecule has 1 aromatic carbocycles. The Morgan fingerprint density at radius 3 is 2.16 bits per heavy atom. The van der Waals surface area contributed by atoms with E-state index < -0.39 is 36.8 Å². The molecule has 8 heteroatoms. The van der Waals surface area contributed by atoms with Crippen LogP contribution in [0.5, 0.6) is 0 Å². The monoisotopic (exact) mass is 349 g/mol. The van der Waals surface area contributed by atoms with Crippen molar-refractivity contribution >= 4 is 15.9 Å². The van der Waals surface area contributed by atoms with Crippen molar-refractivity contribution in [3.63, 3.8) is 0 Å². The summed E-state index contributed by atoms with van der Waals surface area (Å²) in [5.74, 6) is 0. The smallest absolute Gasteiger partial charge is 0.324 e. The van der Waals surface area contributed by atoms with Crippen LogP contribution in [0.4, 0.5) is 26.3 Å². The molecule has 0 amide bonds. The molecule has 0 saturated carbocycles. The van der Waals surface area contributed by atoms with Crippen LogP contribution in [0, 0.1) is 0 Å². The van der Waals surface area contributed by atoms with E-state index in [1.807, 2.05) is 0 Å². The molecule has 2 N–H and O–H groups in total. The van der Waals surface area contributed by atoms with Crippen molar-refractivity contribution < 1.29 is 26.3 Å². The Morgan fingerprint density at radius 1 is 1.11 bits per heavy atom. The van der Waals surface area contributed by atoms with Crippen molar-refractivity contribution in [3.05, 3.63) is 33.8 Å². The van der Waals surface area contributed by atoms with E-state index in [-0.39, 0.29) is 10.0 Å². The summed E-state index contributed by atoms with van der Waals surface area (Å²) in [5.41, 5.74) is 4.59. The van der Waals surface area contributed by atoms with Crippen LogP contribution in [0.25, 0.3) is 0 Å². The first-order chi connectivity index (χ1) is 8.50. The number of benzene rings is 1. The lowest BCUT2D eigenvalue weighted by molar-refractivity contribution is -0.138. The molecule has 0 unspecified atom stereocenters. The summed E-state index contributed by atoms with van der Waals surface area (Å²) < 4.78 is 73.9. The first kappa shape index (κ1) is 16.3.